The molecule has 0 saturated carbocycles. The van der Waals surface area contributed by atoms with E-state index >= 15 is 0 Å². The minimum Gasteiger partial charge on any atom is -0.396 e. The zero-order valence-electron chi connectivity index (χ0n) is 11.3. The van der Waals surface area contributed by atoms with E-state index in [9.17, 15) is 12.8 Å². The van der Waals surface area contributed by atoms with Crippen LogP contribution in [0.25, 0.3) is 0 Å². The topological polar surface area (TPSA) is 72.2 Å². The summed E-state index contributed by atoms with van der Waals surface area (Å²) in [5.74, 6) is -0.574. The Morgan fingerprint density at radius 1 is 1.05 bits per heavy atom. The summed E-state index contributed by atoms with van der Waals surface area (Å²) in [7, 11) is -3.69. The molecular formula is C15H15FN2O2S. The van der Waals surface area contributed by atoms with Gasteiger partial charge in [0, 0.05) is 0 Å². The van der Waals surface area contributed by atoms with Crippen LogP contribution >= 0.6 is 0 Å². The fraction of sp³-hybridized carbons (Fsp3) is 0.200. The molecule has 0 spiro atoms. The van der Waals surface area contributed by atoms with Crippen molar-refractivity contribution in [3.63, 3.8) is 0 Å². The summed E-state index contributed by atoms with van der Waals surface area (Å²) in [6.45, 7) is 0. The maximum Gasteiger partial charge on any atom is 0.261 e. The van der Waals surface area contributed by atoms with E-state index in [1.807, 2.05) is 6.07 Å². The number of rotatable bonds is 3. The Hall–Kier alpha value is -2.08. The van der Waals surface area contributed by atoms with Crippen LogP contribution in [0.2, 0.25) is 0 Å². The summed E-state index contributed by atoms with van der Waals surface area (Å²) in [6.07, 6.45) is 2.96. The Balaban J connectivity index is 1.91. The van der Waals surface area contributed by atoms with Crippen LogP contribution in [-0.2, 0) is 22.9 Å². The molecule has 21 heavy (non-hydrogen) atoms. The van der Waals surface area contributed by atoms with Crippen molar-refractivity contribution in [1.29, 1.82) is 0 Å². The Labute approximate surface area is 122 Å². The molecule has 0 aliphatic heterocycles. The summed E-state index contributed by atoms with van der Waals surface area (Å²) in [5.41, 5.74) is 7.88. The van der Waals surface area contributed by atoms with Crippen LogP contribution in [0.3, 0.4) is 0 Å². The summed E-state index contributed by atoms with van der Waals surface area (Å²) in [5, 5.41) is 0. The van der Waals surface area contributed by atoms with Crippen molar-refractivity contribution in [1.82, 2.24) is 0 Å². The monoisotopic (exact) mass is 306 g/mol. The molecule has 4 nitrogen and oxygen atoms in total. The molecule has 1 aliphatic rings. The van der Waals surface area contributed by atoms with Gasteiger partial charge in [-0.25, -0.2) is 12.8 Å². The maximum absolute atomic E-state index is 13.1. The number of hydrogen-bond acceptors (Lipinski definition) is 3. The highest BCUT2D eigenvalue weighted by molar-refractivity contribution is 7.92. The lowest BCUT2D eigenvalue weighted by molar-refractivity contribution is 0.601. The first-order valence-corrected chi connectivity index (χ1v) is 8.14. The molecule has 0 fully saturated rings. The predicted octanol–water partition coefficient (Wildman–Crippen LogP) is 2.70. The van der Waals surface area contributed by atoms with Gasteiger partial charge in [0.15, 0.2) is 0 Å². The van der Waals surface area contributed by atoms with Gasteiger partial charge in [0.05, 0.1) is 16.3 Å². The molecule has 6 heteroatoms. The Bertz CT molecular complexity index is 803. The second-order valence-electron chi connectivity index (χ2n) is 5.13. The molecule has 0 aromatic heterocycles. The number of aryl methyl sites for hydroxylation is 2. The van der Waals surface area contributed by atoms with Crippen LogP contribution < -0.4 is 10.5 Å². The fourth-order valence-corrected chi connectivity index (χ4v) is 3.64. The van der Waals surface area contributed by atoms with Gasteiger partial charge in [-0.05, 0) is 60.7 Å². The minimum absolute atomic E-state index is 0.0934. The summed E-state index contributed by atoms with van der Waals surface area (Å²) in [6, 6.07) is 8.90. The van der Waals surface area contributed by atoms with Gasteiger partial charge in [0.2, 0.25) is 0 Å². The summed E-state index contributed by atoms with van der Waals surface area (Å²) >= 11 is 0. The number of halogens is 1. The molecule has 3 N–H and O–H groups in total. The van der Waals surface area contributed by atoms with Crippen molar-refractivity contribution in [2.75, 3.05) is 10.5 Å². The number of nitrogens with two attached hydrogens (primary N) is 1. The van der Waals surface area contributed by atoms with Crippen molar-refractivity contribution >= 4 is 21.4 Å². The standard InChI is InChI=1S/C15H15FN2O2S/c16-14-7-5-12(9-15(14)17)18-21(19,20)13-6-4-10-2-1-3-11(10)8-13/h4-9,18H,1-3,17H2. The number of hydrogen-bond donors (Lipinski definition) is 2. The molecule has 110 valence electrons. The molecule has 0 unspecified atom stereocenters. The molecule has 1 aliphatic carbocycles. The van der Waals surface area contributed by atoms with Crippen molar-refractivity contribution in [2.45, 2.75) is 24.2 Å². The van der Waals surface area contributed by atoms with Crippen molar-refractivity contribution in [2.24, 2.45) is 0 Å². The minimum atomic E-state index is -3.69. The van der Waals surface area contributed by atoms with Crippen molar-refractivity contribution < 1.29 is 12.8 Å². The SMILES string of the molecule is Nc1cc(NS(=O)(=O)c2ccc3c(c2)CCC3)ccc1F. The van der Waals surface area contributed by atoms with Gasteiger partial charge in [-0.3, -0.25) is 4.72 Å². The Kier molecular flexibility index (Phi) is 3.33. The largest absolute Gasteiger partial charge is 0.396 e. The molecule has 0 radical (unpaired) electrons. The predicted molar refractivity (Wildman–Crippen MR) is 80.1 cm³/mol. The highest BCUT2D eigenvalue weighted by Gasteiger charge is 2.18. The number of nitrogens with one attached hydrogen (secondary N) is 1. The first-order chi connectivity index (χ1) is 9.95. The lowest BCUT2D eigenvalue weighted by Gasteiger charge is -2.10. The molecule has 0 bridgehead atoms. The van der Waals surface area contributed by atoms with Gasteiger partial charge in [-0.1, -0.05) is 6.07 Å². The normalized spacial score (nSPS) is 14.0. The average molecular weight is 306 g/mol. The van der Waals surface area contributed by atoms with Crippen LogP contribution in [0.1, 0.15) is 17.5 Å². The van der Waals surface area contributed by atoms with Gasteiger partial charge >= 0.3 is 0 Å². The second kappa shape index (κ2) is 5.04. The highest BCUT2D eigenvalue weighted by atomic mass is 32.2. The van der Waals surface area contributed by atoms with Crippen molar-refractivity contribution in [3.05, 3.63) is 53.3 Å². The van der Waals surface area contributed by atoms with Gasteiger partial charge in [0.25, 0.3) is 10.0 Å². The van der Waals surface area contributed by atoms with E-state index in [1.165, 1.54) is 17.7 Å². The van der Waals surface area contributed by atoms with Crippen LogP contribution in [0.4, 0.5) is 15.8 Å². The van der Waals surface area contributed by atoms with E-state index in [1.54, 1.807) is 12.1 Å². The van der Waals surface area contributed by atoms with E-state index in [0.717, 1.165) is 30.9 Å². The summed E-state index contributed by atoms with van der Waals surface area (Å²) < 4.78 is 40.2. The number of benzene rings is 2. The second-order valence-corrected chi connectivity index (χ2v) is 6.81. The van der Waals surface area contributed by atoms with Crippen LogP contribution in [-0.4, -0.2) is 8.42 Å². The number of fused-ring (bicyclic) bond motifs is 1. The summed E-state index contributed by atoms with van der Waals surface area (Å²) in [4.78, 5) is 0.214. The van der Waals surface area contributed by atoms with Crippen molar-refractivity contribution in [3.8, 4) is 0 Å². The van der Waals surface area contributed by atoms with Crippen LogP contribution in [0.15, 0.2) is 41.3 Å². The van der Waals surface area contributed by atoms with Gasteiger partial charge in [-0.2, -0.15) is 0 Å². The molecular weight excluding hydrogens is 291 g/mol. The van der Waals surface area contributed by atoms with E-state index < -0.39 is 15.8 Å². The number of anilines is 2. The first kappa shape index (κ1) is 13.9. The molecule has 2 aromatic carbocycles. The number of sulfonamides is 1. The maximum atomic E-state index is 13.1. The zero-order valence-corrected chi connectivity index (χ0v) is 12.1. The molecule has 0 amide bonds. The molecule has 3 rings (SSSR count). The third-order valence-electron chi connectivity index (χ3n) is 3.63. The lowest BCUT2D eigenvalue weighted by Crippen LogP contribution is -2.13. The van der Waals surface area contributed by atoms with E-state index in [4.69, 9.17) is 5.73 Å². The van der Waals surface area contributed by atoms with E-state index in [-0.39, 0.29) is 16.3 Å². The Morgan fingerprint density at radius 2 is 1.81 bits per heavy atom. The number of nitrogen functional groups attached to an aromatic ring is 1. The quantitative estimate of drug-likeness (QED) is 0.856. The van der Waals surface area contributed by atoms with Gasteiger partial charge in [-0.15, -0.1) is 0 Å². The zero-order chi connectivity index (χ0) is 15.0. The van der Waals surface area contributed by atoms with E-state index in [0.29, 0.717) is 0 Å². The third kappa shape index (κ3) is 2.71. The first-order valence-electron chi connectivity index (χ1n) is 6.65. The smallest absolute Gasteiger partial charge is 0.261 e. The molecule has 0 saturated heterocycles. The lowest BCUT2D eigenvalue weighted by atomic mass is 10.1. The average Bonchev–Trinajstić information content (AvgIpc) is 2.90. The van der Waals surface area contributed by atoms with Gasteiger partial charge in [0.1, 0.15) is 5.82 Å². The molecule has 2 aromatic rings. The van der Waals surface area contributed by atoms with E-state index in [2.05, 4.69) is 4.72 Å². The molecule has 0 atom stereocenters. The fourth-order valence-electron chi connectivity index (χ4n) is 2.54. The van der Waals surface area contributed by atoms with Crippen LogP contribution in [0.5, 0.6) is 0 Å². The van der Waals surface area contributed by atoms with Gasteiger partial charge < -0.3 is 5.73 Å². The third-order valence-corrected chi connectivity index (χ3v) is 5.01. The van der Waals surface area contributed by atoms with Crippen LogP contribution in [0, 0.1) is 5.82 Å². The highest BCUT2D eigenvalue weighted by Crippen LogP contribution is 2.26. The Morgan fingerprint density at radius 3 is 2.57 bits per heavy atom. The molecule has 0 heterocycles.